The molecule has 0 heterocycles. The molecule has 0 unspecified atom stereocenters. The van der Waals surface area contributed by atoms with Crippen molar-refractivity contribution in [2.45, 2.75) is 6.92 Å². The molecule has 0 saturated carbocycles. The summed E-state index contributed by atoms with van der Waals surface area (Å²) >= 11 is 5.80. The minimum atomic E-state index is -0.460. The maximum atomic E-state index is 11.8. The summed E-state index contributed by atoms with van der Waals surface area (Å²) in [5, 5.41) is 0.534. The first-order valence-electron chi connectivity index (χ1n) is 5.79. The summed E-state index contributed by atoms with van der Waals surface area (Å²) in [6.07, 6.45) is 0. The second-order valence-corrected chi connectivity index (χ2v) is 4.17. The Hall–Kier alpha value is -1.75. The van der Waals surface area contributed by atoms with E-state index in [9.17, 15) is 9.59 Å². The number of nitrogens with zero attached hydrogens (tertiary/aromatic N) is 1. The molecule has 1 aromatic rings. The molecule has 0 spiro atoms. The van der Waals surface area contributed by atoms with Crippen LogP contribution in [0.1, 0.15) is 6.92 Å². The van der Waals surface area contributed by atoms with Gasteiger partial charge in [0.15, 0.2) is 6.61 Å². The summed E-state index contributed by atoms with van der Waals surface area (Å²) in [7, 11) is 1.28. The third-order valence-corrected chi connectivity index (χ3v) is 2.68. The molecular formula is C13H16ClNO4. The second kappa shape index (κ2) is 7.63. The van der Waals surface area contributed by atoms with Crippen LogP contribution in [-0.4, -0.2) is 43.6 Å². The maximum absolute atomic E-state index is 11.8. The Morgan fingerprint density at radius 1 is 1.37 bits per heavy atom. The van der Waals surface area contributed by atoms with E-state index in [0.29, 0.717) is 17.3 Å². The highest BCUT2D eigenvalue weighted by Gasteiger charge is 2.16. The molecule has 0 N–H and O–H groups in total. The van der Waals surface area contributed by atoms with Gasteiger partial charge in [-0.05, 0) is 25.1 Å². The summed E-state index contributed by atoms with van der Waals surface area (Å²) in [5.41, 5.74) is 0. The Morgan fingerprint density at radius 3 is 2.68 bits per heavy atom. The molecule has 1 aromatic carbocycles. The van der Waals surface area contributed by atoms with Gasteiger partial charge in [-0.25, -0.2) is 0 Å². The van der Waals surface area contributed by atoms with E-state index in [1.807, 2.05) is 0 Å². The number of ether oxygens (including phenoxy) is 2. The zero-order valence-corrected chi connectivity index (χ0v) is 11.6. The summed E-state index contributed by atoms with van der Waals surface area (Å²) in [6.45, 7) is 1.96. The van der Waals surface area contributed by atoms with Crippen molar-refractivity contribution in [3.63, 3.8) is 0 Å². The average molecular weight is 286 g/mol. The number of benzene rings is 1. The van der Waals surface area contributed by atoms with Crippen molar-refractivity contribution in [2.75, 3.05) is 26.8 Å². The van der Waals surface area contributed by atoms with E-state index in [0.717, 1.165) is 0 Å². The van der Waals surface area contributed by atoms with Crippen LogP contribution in [0.25, 0.3) is 0 Å². The highest BCUT2D eigenvalue weighted by molar-refractivity contribution is 6.30. The summed E-state index contributed by atoms with van der Waals surface area (Å²) in [6, 6.07) is 6.77. The van der Waals surface area contributed by atoms with Gasteiger partial charge in [0.05, 0.1) is 7.11 Å². The minimum Gasteiger partial charge on any atom is -0.484 e. The van der Waals surface area contributed by atoms with Crippen LogP contribution >= 0.6 is 11.6 Å². The Morgan fingerprint density at radius 2 is 2.11 bits per heavy atom. The SMILES string of the molecule is CCN(CC(=O)OC)C(=O)COc1cccc(Cl)c1. The molecular weight excluding hydrogens is 270 g/mol. The van der Waals surface area contributed by atoms with Crippen molar-refractivity contribution >= 4 is 23.5 Å². The number of likely N-dealkylation sites (N-methyl/N-ethyl adjacent to an activating group) is 1. The van der Waals surface area contributed by atoms with Crippen molar-refractivity contribution in [1.82, 2.24) is 4.90 Å². The lowest BCUT2D eigenvalue weighted by Crippen LogP contribution is -2.38. The second-order valence-electron chi connectivity index (χ2n) is 3.73. The normalized spacial score (nSPS) is 9.84. The fourth-order valence-electron chi connectivity index (χ4n) is 1.39. The van der Waals surface area contributed by atoms with Gasteiger partial charge in [0.1, 0.15) is 12.3 Å². The smallest absolute Gasteiger partial charge is 0.325 e. The van der Waals surface area contributed by atoms with Gasteiger partial charge in [-0.15, -0.1) is 0 Å². The molecule has 5 nitrogen and oxygen atoms in total. The number of hydrogen-bond donors (Lipinski definition) is 0. The number of hydrogen-bond acceptors (Lipinski definition) is 4. The highest BCUT2D eigenvalue weighted by Crippen LogP contribution is 2.17. The number of halogens is 1. The van der Waals surface area contributed by atoms with Gasteiger partial charge in [0.25, 0.3) is 5.91 Å². The van der Waals surface area contributed by atoms with Gasteiger partial charge in [-0.2, -0.15) is 0 Å². The maximum Gasteiger partial charge on any atom is 0.325 e. The number of esters is 1. The molecule has 1 amide bonds. The number of carbonyl (C=O) groups is 2. The lowest BCUT2D eigenvalue weighted by molar-refractivity contribution is -0.147. The van der Waals surface area contributed by atoms with E-state index in [1.54, 1.807) is 31.2 Å². The largest absolute Gasteiger partial charge is 0.484 e. The van der Waals surface area contributed by atoms with Gasteiger partial charge in [-0.1, -0.05) is 17.7 Å². The van der Waals surface area contributed by atoms with Gasteiger partial charge in [0.2, 0.25) is 0 Å². The van der Waals surface area contributed by atoms with Gasteiger partial charge in [-0.3, -0.25) is 9.59 Å². The average Bonchev–Trinajstić information content (AvgIpc) is 2.41. The van der Waals surface area contributed by atoms with Crippen LogP contribution in [0, 0.1) is 0 Å². The molecule has 0 bridgehead atoms. The van der Waals surface area contributed by atoms with E-state index in [2.05, 4.69) is 4.74 Å². The monoisotopic (exact) mass is 285 g/mol. The third kappa shape index (κ3) is 5.18. The van der Waals surface area contributed by atoms with Crippen LogP contribution in [0.5, 0.6) is 5.75 Å². The predicted molar refractivity (Wildman–Crippen MR) is 71.2 cm³/mol. The summed E-state index contributed by atoms with van der Waals surface area (Å²) in [5.74, 6) is -0.235. The lowest BCUT2D eigenvalue weighted by atomic mass is 10.3. The molecule has 104 valence electrons. The first kappa shape index (κ1) is 15.3. The fourth-order valence-corrected chi connectivity index (χ4v) is 1.57. The van der Waals surface area contributed by atoms with E-state index in [-0.39, 0.29) is 19.1 Å². The van der Waals surface area contributed by atoms with Crippen molar-refractivity contribution < 1.29 is 19.1 Å². The molecule has 0 aliphatic rings. The zero-order chi connectivity index (χ0) is 14.3. The highest BCUT2D eigenvalue weighted by atomic mass is 35.5. The van der Waals surface area contributed by atoms with Crippen LogP contribution in [0.2, 0.25) is 5.02 Å². The van der Waals surface area contributed by atoms with Crippen LogP contribution < -0.4 is 4.74 Å². The van der Waals surface area contributed by atoms with Gasteiger partial charge in [0, 0.05) is 11.6 Å². The molecule has 0 radical (unpaired) electrons. The molecule has 0 aliphatic heterocycles. The Labute approximate surface area is 117 Å². The number of amides is 1. The Bertz CT molecular complexity index is 450. The standard InChI is InChI=1S/C13H16ClNO4/c1-3-15(8-13(17)18-2)12(16)9-19-11-6-4-5-10(14)7-11/h4-7H,3,8-9H2,1-2H3. The number of carbonyl (C=O) groups excluding carboxylic acids is 2. The number of methoxy groups -OCH3 is 1. The predicted octanol–water partition coefficient (Wildman–Crippen LogP) is 1.74. The topological polar surface area (TPSA) is 55.8 Å². The van der Waals surface area contributed by atoms with Crippen molar-refractivity contribution in [3.05, 3.63) is 29.3 Å². The summed E-state index contributed by atoms with van der Waals surface area (Å²) in [4.78, 5) is 24.3. The Kier molecular flexibility index (Phi) is 6.15. The van der Waals surface area contributed by atoms with E-state index < -0.39 is 5.97 Å². The van der Waals surface area contributed by atoms with E-state index in [4.69, 9.17) is 16.3 Å². The van der Waals surface area contributed by atoms with Crippen LogP contribution in [0.4, 0.5) is 0 Å². The van der Waals surface area contributed by atoms with Crippen molar-refractivity contribution in [1.29, 1.82) is 0 Å². The molecule has 0 atom stereocenters. The molecule has 19 heavy (non-hydrogen) atoms. The molecule has 1 rings (SSSR count). The van der Waals surface area contributed by atoms with Crippen LogP contribution in [-0.2, 0) is 14.3 Å². The molecule has 0 saturated heterocycles. The lowest BCUT2D eigenvalue weighted by Gasteiger charge is -2.19. The molecule has 0 aromatic heterocycles. The quantitative estimate of drug-likeness (QED) is 0.747. The van der Waals surface area contributed by atoms with Crippen molar-refractivity contribution in [2.24, 2.45) is 0 Å². The minimum absolute atomic E-state index is 0.0786. The number of rotatable bonds is 6. The Balaban J connectivity index is 2.51. The first-order chi connectivity index (χ1) is 9.06. The van der Waals surface area contributed by atoms with Crippen LogP contribution in [0.3, 0.4) is 0 Å². The zero-order valence-electron chi connectivity index (χ0n) is 10.9. The molecule has 6 heteroatoms. The third-order valence-electron chi connectivity index (χ3n) is 2.44. The van der Waals surface area contributed by atoms with E-state index >= 15 is 0 Å². The fraction of sp³-hybridized carbons (Fsp3) is 0.385. The molecule has 0 fully saturated rings. The van der Waals surface area contributed by atoms with E-state index in [1.165, 1.54) is 12.0 Å². The van der Waals surface area contributed by atoms with Crippen molar-refractivity contribution in [3.8, 4) is 5.75 Å². The first-order valence-corrected chi connectivity index (χ1v) is 6.17. The van der Waals surface area contributed by atoms with Crippen LogP contribution in [0.15, 0.2) is 24.3 Å². The summed E-state index contributed by atoms with van der Waals surface area (Å²) < 4.78 is 9.84. The molecule has 0 aliphatic carbocycles. The van der Waals surface area contributed by atoms with Gasteiger partial charge >= 0.3 is 5.97 Å². The van der Waals surface area contributed by atoms with Gasteiger partial charge < -0.3 is 14.4 Å².